The van der Waals surface area contributed by atoms with Crippen molar-refractivity contribution in [2.45, 2.75) is 31.8 Å². The summed E-state index contributed by atoms with van der Waals surface area (Å²) in [6.07, 6.45) is 4.04. The lowest BCUT2D eigenvalue weighted by Crippen LogP contribution is -2.28. The summed E-state index contributed by atoms with van der Waals surface area (Å²) in [4.78, 5) is 21.6. The van der Waals surface area contributed by atoms with Crippen LogP contribution in [0.1, 0.15) is 44.8 Å². The number of hydrogen-bond acceptors (Lipinski definition) is 6. The zero-order valence-corrected chi connectivity index (χ0v) is 16.2. The summed E-state index contributed by atoms with van der Waals surface area (Å²) < 4.78 is 33.7. The lowest BCUT2D eigenvalue weighted by Gasteiger charge is -2.31. The zero-order chi connectivity index (χ0) is 23.2. The molecule has 8 nitrogen and oxygen atoms in total. The third-order valence-corrected chi connectivity index (χ3v) is 5.45. The van der Waals surface area contributed by atoms with Crippen molar-refractivity contribution in [3.63, 3.8) is 0 Å². The predicted molar refractivity (Wildman–Crippen MR) is 110 cm³/mol. The van der Waals surface area contributed by atoms with Crippen molar-refractivity contribution in [1.82, 2.24) is 19.5 Å². The monoisotopic (exact) mass is 406 g/mol. The van der Waals surface area contributed by atoms with Gasteiger partial charge in [-0.25, -0.2) is 4.98 Å². The van der Waals surface area contributed by atoms with E-state index in [-0.39, 0.29) is 17.9 Å². The van der Waals surface area contributed by atoms with Crippen LogP contribution in [0.2, 0.25) is 0 Å². The van der Waals surface area contributed by atoms with Gasteiger partial charge >= 0.3 is 0 Å². The van der Waals surface area contributed by atoms with Crippen molar-refractivity contribution in [2.24, 2.45) is 0 Å². The molecule has 1 aliphatic carbocycles. The molecule has 5 rings (SSSR count). The summed E-state index contributed by atoms with van der Waals surface area (Å²) >= 11 is 0. The normalized spacial score (nSPS) is 20.2. The van der Waals surface area contributed by atoms with Gasteiger partial charge in [-0.1, -0.05) is 23.4 Å². The first kappa shape index (κ1) is 15.3. The number of methoxy groups -OCH3 is 1. The van der Waals surface area contributed by atoms with Crippen molar-refractivity contribution in [3.8, 4) is 11.4 Å². The molecule has 0 unspecified atom stereocenters. The van der Waals surface area contributed by atoms with Gasteiger partial charge in [-0.15, -0.1) is 0 Å². The highest BCUT2D eigenvalue weighted by Crippen LogP contribution is 2.38. The number of imidazole rings is 1. The van der Waals surface area contributed by atoms with Crippen LogP contribution in [0, 0.1) is 6.92 Å². The van der Waals surface area contributed by atoms with Crippen LogP contribution in [0.15, 0.2) is 53.3 Å². The maximum Gasteiger partial charge on any atom is 0.274 e. The van der Waals surface area contributed by atoms with Crippen LogP contribution >= 0.6 is 0 Å². The number of carbonyl (C=O) groups excluding carboxylic acids is 1. The van der Waals surface area contributed by atoms with E-state index in [1.807, 2.05) is 37.3 Å². The summed E-state index contributed by atoms with van der Waals surface area (Å²) in [5, 5.41) is 7.00. The van der Waals surface area contributed by atoms with E-state index in [2.05, 4.69) is 20.4 Å². The van der Waals surface area contributed by atoms with Crippen LogP contribution in [0.4, 0.5) is 5.69 Å². The number of ether oxygens (including phenoxy) is 1. The third-order valence-electron chi connectivity index (χ3n) is 5.45. The molecule has 1 aliphatic rings. The molecule has 0 radical (unpaired) electrons. The standard InChI is InChI=1S/C22H21N5O3/c1-13-6-7-14(20-25-22(30-26-20)15-9-16(10-15)29-2)11-17(13)24-21(28)18-12-23-19-5-3-4-8-27(18)19/h3-8,11-12,15-16H,9-10H2,1-2H3,(H,24,28)/t15-,16+/i2D3. The number of amides is 1. The smallest absolute Gasteiger partial charge is 0.274 e. The second-order valence-corrected chi connectivity index (χ2v) is 7.42. The van der Waals surface area contributed by atoms with Gasteiger partial charge in [-0.2, -0.15) is 4.98 Å². The highest BCUT2D eigenvalue weighted by Gasteiger charge is 2.34. The third kappa shape index (κ3) is 3.25. The maximum atomic E-state index is 12.9. The Morgan fingerprint density at radius 1 is 1.33 bits per heavy atom. The summed E-state index contributed by atoms with van der Waals surface area (Å²) in [5.41, 5.74) is 3.32. The molecule has 0 spiro atoms. The second-order valence-electron chi connectivity index (χ2n) is 7.42. The summed E-state index contributed by atoms with van der Waals surface area (Å²) in [6.45, 7) is 1.90. The quantitative estimate of drug-likeness (QED) is 0.541. The molecular weight excluding hydrogens is 382 g/mol. The molecule has 0 aliphatic heterocycles. The SMILES string of the molecule is [2H]C([2H])([2H])O[C@H]1C[C@@H](c2nc(-c3ccc(C)c(NC(=O)c4cnc5ccccn45)c3)no2)C1. The van der Waals surface area contributed by atoms with Crippen molar-refractivity contribution < 1.29 is 18.2 Å². The van der Waals surface area contributed by atoms with Gasteiger partial charge in [0, 0.05) is 30.4 Å². The Labute approximate surface area is 177 Å². The van der Waals surface area contributed by atoms with E-state index in [1.165, 1.54) is 6.20 Å². The number of rotatable bonds is 5. The first-order valence-electron chi connectivity index (χ1n) is 11.1. The summed E-state index contributed by atoms with van der Waals surface area (Å²) in [6, 6.07) is 11.1. The fourth-order valence-corrected chi connectivity index (χ4v) is 3.56. The first-order chi connectivity index (χ1) is 15.8. The number of hydrogen-bond donors (Lipinski definition) is 1. The zero-order valence-electron chi connectivity index (χ0n) is 19.2. The van der Waals surface area contributed by atoms with Crippen LogP contribution in [-0.4, -0.2) is 38.6 Å². The van der Waals surface area contributed by atoms with Gasteiger partial charge in [0.05, 0.1) is 16.4 Å². The minimum atomic E-state index is -2.40. The molecule has 3 aromatic heterocycles. The Kier molecular flexibility index (Phi) is 3.77. The number of aryl methyl sites for hydroxylation is 1. The molecule has 8 heteroatoms. The average molecular weight is 406 g/mol. The highest BCUT2D eigenvalue weighted by atomic mass is 16.5. The van der Waals surface area contributed by atoms with Crippen LogP contribution in [0.25, 0.3) is 17.0 Å². The molecule has 152 valence electrons. The van der Waals surface area contributed by atoms with Gasteiger partial charge in [0.1, 0.15) is 11.3 Å². The van der Waals surface area contributed by atoms with Crippen molar-refractivity contribution in [2.75, 3.05) is 12.4 Å². The van der Waals surface area contributed by atoms with Crippen molar-refractivity contribution in [1.29, 1.82) is 0 Å². The second kappa shape index (κ2) is 7.38. The molecule has 0 bridgehead atoms. The molecule has 1 N–H and O–H groups in total. The molecule has 3 heterocycles. The maximum absolute atomic E-state index is 12.9. The van der Waals surface area contributed by atoms with Gasteiger partial charge in [0.15, 0.2) is 0 Å². The lowest BCUT2D eigenvalue weighted by atomic mass is 9.82. The Bertz CT molecular complexity index is 1320. The van der Waals surface area contributed by atoms with Crippen LogP contribution in [0.3, 0.4) is 0 Å². The van der Waals surface area contributed by atoms with E-state index >= 15 is 0 Å². The molecule has 4 aromatic rings. The number of nitrogens with zero attached hydrogens (tertiary/aromatic N) is 4. The molecular formula is C22H21N5O3. The number of pyridine rings is 1. The average Bonchev–Trinajstić information content (AvgIpc) is 3.38. The van der Waals surface area contributed by atoms with Gasteiger partial charge in [0.25, 0.3) is 5.91 Å². The highest BCUT2D eigenvalue weighted by molar-refractivity contribution is 6.04. The Morgan fingerprint density at radius 3 is 3.10 bits per heavy atom. The van der Waals surface area contributed by atoms with E-state index in [4.69, 9.17) is 13.4 Å². The van der Waals surface area contributed by atoms with Gasteiger partial charge in [-0.05, 0) is 43.5 Å². The first-order valence-corrected chi connectivity index (χ1v) is 9.63. The number of aromatic nitrogens is 4. The number of fused-ring (bicyclic) bond motifs is 1. The molecule has 1 fully saturated rings. The van der Waals surface area contributed by atoms with E-state index in [9.17, 15) is 4.79 Å². The molecule has 1 aromatic carbocycles. The number of benzene rings is 1. The molecule has 30 heavy (non-hydrogen) atoms. The predicted octanol–water partition coefficient (Wildman–Crippen LogP) is 3.84. The summed E-state index contributed by atoms with van der Waals surface area (Å²) in [7, 11) is -2.40. The largest absolute Gasteiger partial charge is 0.381 e. The Balaban J connectivity index is 1.31. The van der Waals surface area contributed by atoms with Crippen LogP contribution in [0.5, 0.6) is 0 Å². The fraction of sp³-hybridized carbons (Fsp3) is 0.273. The van der Waals surface area contributed by atoms with E-state index in [1.54, 1.807) is 16.7 Å². The van der Waals surface area contributed by atoms with E-state index in [0.717, 1.165) is 5.56 Å². The molecule has 1 amide bonds. The van der Waals surface area contributed by atoms with E-state index < -0.39 is 7.04 Å². The van der Waals surface area contributed by atoms with Gasteiger partial charge < -0.3 is 14.6 Å². The van der Waals surface area contributed by atoms with Crippen molar-refractivity contribution in [3.05, 3.63) is 65.9 Å². The van der Waals surface area contributed by atoms with Gasteiger partial charge in [-0.3, -0.25) is 9.20 Å². The summed E-state index contributed by atoms with van der Waals surface area (Å²) in [5.74, 6) is 0.540. The number of carbonyl (C=O) groups is 1. The Hall–Kier alpha value is -3.52. The van der Waals surface area contributed by atoms with Gasteiger partial charge in [0.2, 0.25) is 11.7 Å². The topological polar surface area (TPSA) is 94.5 Å². The Morgan fingerprint density at radius 2 is 2.23 bits per heavy atom. The van der Waals surface area contributed by atoms with Crippen LogP contribution < -0.4 is 5.32 Å². The minimum Gasteiger partial charge on any atom is -0.381 e. The lowest BCUT2D eigenvalue weighted by molar-refractivity contribution is 0.0176. The number of anilines is 1. The molecule has 0 saturated heterocycles. The fourth-order valence-electron chi connectivity index (χ4n) is 3.56. The molecule has 0 atom stereocenters. The number of nitrogens with one attached hydrogen (secondary N) is 1. The van der Waals surface area contributed by atoms with Crippen LogP contribution in [-0.2, 0) is 4.74 Å². The van der Waals surface area contributed by atoms with E-state index in [0.29, 0.717) is 47.1 Å². The minimum absolute atomic E-state index is 0.0293. The van der Waals surface area contributed by atoms with Crippen molar-refractivity contribution >= 4 is 17.2 Å². The molecule has 1 saturated carbocycles.